The molecular formula is C23H26N4O2S. The van der Waals surface area contributed by atoms with E-state index in [0.717, 1.165) is 34.9 Å². The average molecular weight is 423 g/mol. The number of rotatable bonds is 7. The lowest BCUT2D eigenvalue weighted by atomic mass is 9.97. The van der Waals surface area contributed by atoms with Gasteiger partial charge in [0.1, 0.15) is 11.6 Å². The molecule has 0 unspecified atom stereocenters. The van der Waals surface area contributed by atoms with Crippen LogP contribution in [0.3, 0.4) is 0 Å². The van der Waals surface area contributed by atoms with Crippen LogP contribution >= 0.6 is 11.8 Å². The normalized spacial score (nSPS) is 18.5. The van der Waals surface area contributed by atoms with E-state index in [1.54, 1.807) is 41.9 Å². The fourth-order valence-electron chi connectivity index (χ4n) is 4.13. The molecule has 2 atom stereocenters. The Morgan fingerprint density at radius 1 is 1.03 bits per heavy atom. The van der Waals surface area contributed by atoms with Crippen LogP contribution in [-0.4, -0.2) is 32.9 Å². The van der Waals surface area contributed by atoms with Crippen molar-refractivity contribution >= 4 is 11.8 Å². The third-order valence-corrected chi connectivity index (χ3v) is 6.43. The molecule has 3 heterocycles. The Morgan fingerprint density at radius 2 is 1.80 bits per heavy atom. The van der Waals surface area contributed by atoms with Gasteiger partial charge < -0.3 is 4.74 Å². The van der Waals surface area contributed by atoms with Gasteiger partial charge in [-0.05, 0) is 62.0 Å². The highest BCUT2D eigenvalue weighted by Crippen LogP contribution is 2.34. The van der Waals surface area contributed by atoms with E-state index in [1.807, 2.05) is 30.8 Å². The minimum atomic E-state index is -0.100. The van der Waals surface area contributed by atoms with Gasteiger partial charge in [0.2, 0.25) is 0 Å². The highest BCUT2D eigenvalue weighted by molar-refractivity contribution is 7.98. The maximum atomic E-state index is 12.1. The van der Waals surface area contributed by atoms with Gasteiger partial charge in [-0.25, -0.2) is 9.97 Å². The van der Waals surface area contributed by atoms with Crippen LogP contribution in [0.5, 0.6) is 5.75 Å². The van der Waals surface area contributed by atoms with Crippen molar-refractivity contribution in [2.45, 2.75) is 37.0 Å². The predicted molar refractivity (Wildman–Crippen MR) is 118 cm³/mol. The van der Waals surface area contributed by atoms with Crippen LogP contribution in [0.2, 0.25) is 0 Å². The Morgan fingerprint density at radius 3 is 2.47 bits per heavy atom. The summed E-state index contributed by atoms with van der Waals surface area (Å²) < 4.78 is 6.78. The summed E-state index contributed by atoms with van der Waals surface area (Å²) in [5.41, 5.74) is 1.72. The highest BCUT2D eigenvalue weighted by atomic mass is 32.2. The third kappa shape index (κ3) is 4.90. The number of nitrogens with zero attached hydrogens (tertiary/aromatic N) is 4. The molecule has 0 N–H and O–H groups in total. The molecule has 1 aliphatic carbocycles. The van der Waals surface area contributed by atoms with Gasteiger partial charge in [0.15, 0.2) is 0 Å². The smallest absolute Gasteiger partial charge is 0.255 e. The molecule has 3 aromatic rings. The first-order valence-corrected chi connectivity index (χ1v) is 11.4. The second kappa shape index (κ2) is 9.43. The lowest BCUT2D eigenvalue weighted by Crippen LogP contribution is -2.16. The number of hydrogen-bond donors (Lipinski definition) is 0. The van der Waals surface area contributed by atoms with E-state index < -0.39 is 0 Å². The van der Waals surface area contributed by atoms with Gasteiger partial charge in [-0.1, -0.05) is 0 Å². The van der Waals surface area contributed by atoms with Gasteiger partial charge in [0.05, 0.1) is 25.2 Å². The largest absolute Gasteiger partial charge is 0.495 e. The standard InChI is InChI=1S/C23H26N4O2S/c1-29-20-7-8-23(28)27(15-20)19-6-5-18(24-12-19)10-16-3-4-17(9-16)11-22-25-13-21(30-2)14-26-22/h5-8,12-17H,3-4,9-11H2,1-2H3/t16-,17-/m0/s1. The summed E-state index contributed by atoms with van der Waals surface area (Å²) in [4.78, 5) is 26.9. The van der Waals surface area contributed by atoms with Gasteiger partial charge in [0.25, 0.3) is 5.56 Å². The van der Waals surface area contributed by atoms with E-state index in [4.69, 9.17) is 4.74 Å². The van der Waals surface area contributed by atoms with Crippen LogP contribution in [0, 0.1) is 11.8 Å². The first-order valence-electron chi connectivity index (χ1n) is 10.2. The minimum Gasteiger partial charge on any atom is -0.495 e. The summed E-state index contributed by atoms with van der Waals surface area (Å²) in [6.07, 6.45) is 14.9. The average Bonchev–Trinajstić information content (AvgIpc) is 3.22. The molecule has 1 fully saturated rings. The minimum absolute atomic E-state index is 0.100. The van der Waals surface area contributed by atoms with E-state index in [2.05, 4.69) is 15.0 Å². The van der Waals surface area contributed by atoms with Gasteiger partial charge in [0, 0.05) is 35.5 Å². The van der Waals surface area contributed by atoms with Crippen LogP contribution in [0.25, 0.3) is 5.69 Å². The number of hydrogen-bond acceptors (Lipinski definition) is 6. The maximum Gasteiger partial charge on any atom is 0.255 e. The number of aromatic nitrogens is 4. The summed E-state index contributed by atoms with van der Waals surface area (Å²) in [6, 6.07) is 7.15. The molecule has 0 amide bonds. The van der Waals surface area contributed by atoms with Crippen LogP contribution in [0.1, 0.15) is 30.8 Å². The highest BCUT2D eigenvalue weighted by Gasteiger charge is 2.26. The number of thioether (sulfide) groups is 1. The molecule has 0 aliphatic heterocycles. The third-order valence-electron chi connectivity index (χ3n) is 5.74. The Kier molecular flexibility index (Phi) is 6.47. The second-order valence-corrected chi connectivity index (χ2v) is 8.66. The zero-order valence-corrected chi connectivity index (χ0v) is 18.1. The first kappa shape index (κ1) is 20.6. The van der Waals surface area contributed by atoms with E-state index in [-0.39, 0.29) is 5.56 Å². The molecule has 0 aromatic carbocycles. The van der Waals surface area contributed by atoms with Crippen LogP contribution in [-0.2, 0) is 12.8 Å². The molecule has 7 heteroatoms. The Labute approximate surface area is 180 Å². The van der Waals surface area contributed by atoms with E-state index in [9.17, 15) is 4.79 Å². The first-order chi connectivity index (χ1) is 14.6. The zero-order valence-electron chi connectivity index (χ0n) is 17.3. The number of pyridine rings is 2. The van der Waals surface area contributed by atoms with Crippen molar-refractivity contribution < 1.29 is 4.74 Å². The number of ether oxygens (including phenoxy) is 1. The summed E-state index contributed by atoms with van der Waals surface area (Å²) in [5, 5.41) is 0. The summed E-state index contributed by atoms with van der Waals surface area (Å²) in [6.45, 7) is 0. The molecule has 0 spiro atoms. The van der Waals surface area contributed by atoms with Crippen molar-refractivity contribution in [3.63, 3.8) is 0 Å². The second-order valence-electron chi connectivity index (χ2n) is 7.78. The molecular weight excluding hydrogens is 396 g/mol. The topological polar surface area (TPSA) is 69.9 Å². The molecule has 156 valence electrons. The lowest BCUT2D eigenvalue weighted by Gasteiger charge is -2.12. The molecule has 0 bridgehead atoms. The lowest BCUT2D eigenvalue weighted by molar-refractivity contribution is 0.411. The van der Waals surface area contributed by atoms with Crippen molar-refractivity contribution in [2.75, 3.05) is 13.4 Å². The van der Waals surface area contributed by atoms with Gasteiger partial charge in [-0.3, -0.25) is 14.3 Å². The summed E-state index contributed by atoms with van der Waals surface area (Å²) >= 11 is 1.67. The molecule has 4 rings (SSSR count). The van der Waals surface area contributed by atoms with Crippen LogP contribution in [0.15, 0.2) is 58.7 Å². The van der Waals surface area contributed by atoms with E-state index >= 15 is 0 Å². The van der Waals surface area contributed by atoms with Crippen LogP contribution in [0.4, 0.5) is 0 Å². The Hall–Kier alpha value is -2.67. The Bertz CT molecular complexity index is 1030. The number of methoxy groups -OCH3 is 1. The maximum absolute atomic E-state index is 12.1. The quantitative estimate of drug-likeness (QED) is 0.537. The van der Waals surface area contributed by atoms with Crippen LogP contribution < -0.4 is 10.3 Å². The molecule has 1 saturated carbocycles. The van der Waals surface area contributed by atoms with Gasteiger partial charge in [-0.2, -0.15) is 0 Å². The molecule has 6 nitrogen and oxygen atoms in total. The molecule has 30 heavy (non-hydrogen) atoms. The van der Waals surface area contributed by atoms with Crippen molar-refractivity contribution in [3.05, 3.63) is 70.9 Å². The Balaban J connectivity index is 1.35. The fraction of sp³-hybridized carbons (Fsp3) is 0.391. The fourth-order valence-corrected chi connectivity index (χ4v) is 4.44. The van der Waals surface area contributed by atoms with Gasteiger partial charge in [-0.15, -0.1) is 11.8 Å². The zero-order chi connectivity index (χ0) is 20.9. The molecule has 1 aliphatic rings. The molecule has 0 saturated heterocycles. The monoisotopic (exact) mass is 422 g/mol. The summed E-state index contributed by atoms with van der Waals surface area (Å²) in [5.74, 6) is 2.87. The van der Waals surface area contributed by atoms with Crippen molar-refractivity contribution in [1.29, 1.82) is 0 Å². The molecule has 3 aromatic heterocycles. The van der Waals surface area contributed by atoms with E-state index in [0.29, 0.717) is 17.6 Å². The van der Waals surface area contributed by atoms with Gasteiger partial charge >= 0.3 is 0 Å². The predicted octanol–water partition coefficient (Wildman–Crippen LogP) is 3.95. The van der Waals surface area contributed by atoms with Crippen molar-refractivity contribution in [1.82, 2.24) is 19.5 Å². The summed E-state index contributed by atoms with van der Waals surface area (Å²) in [7, 11) is 1.59. The SMILES string of the molecule is COc1ccc(=O)n(-c2ccc(C[C@H]3CC[C@H](Cc4ncc(SC)cn4)C3)nc2)c1. The molecule has 0 radical (unpaired) electrons. The van der Waals surface area contributed by atoms with Crippen molar-refractivity contribution in [3.8, 4) is 11.4 Å². The van der Waals surface area contributed by atoms with Crippen molar-refractivity contribution in [2.24, 2.45) is 11.8 Å². The van der Waals surface area contributed by atoms with E-state index in [1.165, 1.54) is 25.3 Å².